The van der Waals surface area contributed by atoms with Gasteiger partial charge in [0.25, 0.3) is 5.91 Å². The van der Waals surface area contributed by atoms with Gasteiger partial charge >= 0.3 is 0 Å². The first-order valence-electron chi connectivity index (χ1n) is 7.20. The van der Waals surface area contributed by atoms with E-state index in [1.807, 2.05) is 13.8 Å². The van der Waals surface area contributed by atoms with Gasteiger partial charge in [-0.3, -0.25) is 9.48 Å². The summed E-state index contributed by atoms with van der Waals surface area (Å²) in [5.74, 6) is 0.823. The highest BCUT2D eigenvalue weighted by Crippen LogP contribution is 2.16. The third-order valence-electron chi connectivity index (χ3n) is 3.20. The number of nitrogens with one attached hydrogen (secondary N) is 1. The molecule has 2 heterocycles. The van der Waals surface area contributed by atoms with Crippen LogP contribution in [0.1, 0.15) is 60.5 Å². The third kappa shape index (κ3) is 3.48. The molecule has 7 nitrogen and oxygen atoms in total. The molecule has 2 aromatic rings. The highest BCUT2D eigenvalue weighted by atomic mass is 16.5. The molecular weight excluding hydrogens is 270 g/mol. The van der Waals surface area contributed by atoms with Crippen LogP contribution in [0.15, 0.2) is 10.7 Å². The van der Waals surface area contributed by atoms with E-state index in [1.54, 1.807) is 17.8 Å². The number of carbonyl (C=O) groups is 1. The summed E-state index contributed by atoms with van der Waals surface area (Å²) in [4.78, 5) is 16.6. The van der Waals surface area contributed by atoms with Gasteiger partial charge in [-0.25, -0.2) is 0 Å². The molecule has 1 unspecified atom stereocenters. The molecule has 0 fully saturated rings. The molecule has 0 aliphatic heterocycles. The van der Waals surface area contributed by atoms with Gasteiger partial charge in [0.15, 0.2) is 5.82 Å². The fraction of sp³-hybridized carbons (Fsp3) is 0.571. The van der Waals surface area contributed by atoms with Crippen molar-refractivity contribution in [2.24, 2.45) is 0 Å². The zero-order valence-corrected chi connectivity index (χ0v) is 12.9. The summed E-state index contributed by atoms with van der Waals surface area (Å²) >= 11 is 0. The molecule has 1 atom stereocenters. The predicted molar refractivity (Wildman–Crippen MR) is 76.8 cm³/mol. The van der Waals surface area contributed by atoms with Crippen molar-refractivity contribution < 1.29 is 9.32 Å². The molecule has 0 saturated carbocycles. The summed E-state index contributed by atoms with van der Waals surface area (Å²) in [5.41, 5.74) is 1.30. The first-order chi connectivity index (χ1) is 10.0. The van der Waals surface area contributed by atoms with E-state index in [2.05, 4.69) is 27.5 Å². The number of aryl methyl sites for hydroxylation is 3. The van der Waals surface area contributed by atoms with Gasteiger partial charge in [0.2, 0.25) is 5.89 Å². The lowest BCUT2D eigenvalue weighted by Crippen LogP contribution is -2.28. The first-order valence-corrected chi connectivity index (χ1v) is 7.20. The van der Waals surface area contributed by atoms with Crippen molar-refractivity contribution in [3.05, 3.63) is 29.2 Å². The van der Waals surface area contributed by atoms with Crippen LogP contribution in [-0.2, 0) is 6.54 Å². The zero-order valence-electron chi connectivity index (χ0n) is 12.9. The van der Waals surface area contributed by atoms with Crippen LogP contribution in [-0.4, -0.2) is 25.8 Å². The molecule has 114 valence electrons. The monoisotopic (exact) mass is 291 g/mol. The van der Waals surface area contributed by atoms with Crippen molar-refractivity contribution in [1.29, 1.82) is 0 Å². The Bertz CT molecular complexity index is 617. The van der Waals surface area contributed by atoms with Crippen LogP contribution in [0.2, 0.25) is 0 Å². The highest BCUT2D eigenvalue weighted by Gasteiger charge is 2.21. The van der Waals surface area contributed by atoms with Gasteiger partial charge in [0.05, 0.1) is 11.3 Å². The van der Waals surface area contributed by atoms with Crippen molar-refractivity contribution in [1.82, 2.24) is 25.2 Å². The fourth-order valence-corrected chi connectivity index (χ4v) is 2.11. The van der Waals surface area contributed by atoms with Crippen LogP contribution in [0.4, 0.5) is 0 Å². The van der Waals surface area contributed by atoms with E-state index in [9.17, 15) is 4.79 Å². The normalized spacial score (nSPS) is 12.4. The molecule has 0 saturated heterocycles. The summed E-state index contributed by atoms with van der Waals surface area (Å²) < 4.78 is 6.93. The summed E-state index contributed by atoms with van der Waals surface area (Å²) in [6.45, 7) is 8.41. The zero-order chi connectivity index (χ0) is 15.4. The highest BCUT2D eigenvalue weighted by molar-refractivity contribution is 5.95. The fourth-order valence-electron chi connectivity index (χ4n) is 2.11. The maximum absolute atomic E-state index is 12.4. The van der Waals surface area contributed by atoms with Crippen LogP contribution in [0, 0.1) is 13.8 Å². The Morgan fingerprint density at radius 2 is 2.19 bits per heavy atom. The maximum atomic E-state index is 12.4. The Kier molecular flexibility index (Phi) is 4.72. The number of carbonyl (C=O) groups excluding carboxylic acids is 1. The number of hydrogen-bond acceptors (Lipinski definition) is 5. The second-order valence-electron chi connectivity index (χ2n) is 5.01. The van der Waals surface area contributed by atoms with Gasteiger partial charge in [-0.2, -0.15) is 10.1 Å². The Hall–Kier alpha value is -2.18. The van der Waals surface area contributed by atoms with Crippen molar-refractivity contribution in [3.63, 3.8) is 0 Å². The SMILES string of the molecule is CCCn1cc(C(=O)NC(CC)c2nc(C)no2)c(C)n1. The van der Waals surface area contributed by atoms with Crippen molar-refractivity contribution in [3.8, 4) is 0 Å². The van der Waals surface area contributed by atoms with Crippen LogP contribution >= 0.6 is 0 Å². The molecule has 7 heteroatoms. The summed E-state index contributed by atoms with van der Waals surface area (Å²) in [5, 5.41) is 11.0. The lowest BCUT2D eigenvalue weighted by Gasteiger charge is -2.12. The van der Waals surface area contributed by atoms with Gasteiger partial charge in [-0.15, -0.1) is 0 Å². The third-order valence-corrected chi connectivity index (χ3v) is 3.20. The van der Waals surface area contributed by atoms with Gasteiger partial charge in [-0.05, 0) is 26.7 Å². The summed E-state index contributed by atoms with van der Waals surface area (Å²) in [7, 11) is 0. The van der Waals surface area contributed by atoms with Crippen LogP contribution < -0.4 is 5.32 Å². The first kappa shape index (κ1) is 15.2. The minimum absolute atomic E-state index is 0.169. The van der Waals surface area contributed by atoms with Crippen LogP contribution in [0.25, 0.3) is 0 Å². The van der Waals surface area contributed by atoms with Crippen LogP contribution in [0.5, 0.6) is 0 Å². The summed E-state index contributed by atoms with van der Waals surface area (Å²) in [6.07, 6.45) is 3.43. The number of amides is 1. The number of hydrogen-bond donors (Lipinski definition) is 1. The molecule has 0 spiro atoms. The van der Waals surface area contributed by atoms with Gasteiger partial charge in [-0.1, -0.05) is 19.0 Å². The average Bonchev–Trinajstić information content (AvgIpc) is 3.02. The molecule has 2 aromatic heterocycles. The molecule has 2 rings (SSSR count). The van der Waals surface area contributed by atoms with E-state index in [-0.39, 0.29) is 11.9 Å². The average molecular weight is 291 g/mol. The Morgan fingerprint density at radius 3 is 2.76 bits per heavy atom. The standard InChI is InChI=1S/C14H21N5O2/c1-5-7-19-8-11(9(3)17-19)13(20)16-12(6-2)14-15-10(4)18-21-14/h8,12H,5-7H2,1-4H3,(H,16,20). The molecule has 0 aliphatic carbocycles. The van der Waals surface area contributed by atoms with Crippen LogP contribution in [0.3, 0.4) is 0 Å². The van der Waals surface area contributed by atoms with Crippen molar-refractivity contribution in [2.75, 3.05) is 0 Å². The Morgan fingerprint density at radius 1 is 1.43 bits per heavy atom. The molecule has 1 N–H and O–H groups in total. The van der Waals surface area contributed by atoms with E-state index in [0.717, 1.165) is 18.7 Å². The minimum Gasteiger partial charge on any atom is -0.340 e. The topological polar surface area (TPSA) is 85.8 Å². The van der Waals surface area contributed by atoms with E-state index in [1.165, 1.54) is 0 Å². The quantitative estimate of drug-likeness (QED) is 0.881. The van der Waals surface area contributed by atoms with Crippen molar-refractivity contribution >= 4 is 5.91 Å². The second kappa shape index (κ2) is 6.51. The minimum atomic E-state index is -0.285. The van der Waals surface area contributed by atoms with Gasteiger partial charge < -0.3 is 9.84 Å². The Labute approximate surface area is 123 Å². The van der Waals surface area contributed by atoms with E-state index in [4.69, 9.17) is 4.52 Å². The Balaban J connectivity index is 2.12. The van der Waals surface area contributed by atoms with Crippen molar-refractivity contribution in [2.45, 2.75) is 53.1 Å². The molecule has 1 amide bonds. The molecule has 0 aliphatic rings. The number of rotatable bonds is 6. The smallest absolute Gasteiger partial charge is 0.255 e. The molecule has 0 bridgehead atoms. The van der Waals surface area contributed by atoms with E-state index >= 15 is 0 Å². The predicted octanol–water partition coefficient (Wildman–Crippen LogP) is 2.17. The number of nitrogens with zero attached hydrogens (tertiary/aromatic N) is 4. The van der Waals surface area contributed by atoms with E-state index < -0.39 is 0 Å². The number of aromatic nitrogens is 4. The second-order valence-corrected chi connectivity index (χ2v) is 5.01. The lowest BCUT2D eigenvalue weighted by atomic mass is 10.2. The molecule has 0 radical (unpaired) electrons. The molecular formula is C14H21N5O2. The van der Waals surface area contributed by atoms with Gasteiger partial charge in [0.1, 0.15) is 6.04 Å². The lowest BCUT2D eigenvalue weighted by molar-refractivity contribution is 0.0926. The largest absolute Gasteiger partial charge is 0.340 e. The molecule has 21 heavy (non-hydrogen) atoms. The van der Waals surface area contributed by atoms with E-state index in [0.29, 0.717) is 23.7 Å². The summed E-state index contributed by atoms with van der Waals surface area (Å²) in [6, 6.07) is -0.285. The molecule has 0 aromatic carbocycles. The maximum Gasteiger partial charge on any atom is 0.255 e. The van der Waals surface area contributed by atoms with Gasteiger partial charge in [0, 0.05) is 12.7 Å².